The molecule has 7 heteroatoms. The average Bonchev–Trinajstić information content (AvgIpc) is 2.60. The summed E-state index contributed by atoms with van der Waals surface area (Å²) in [6.45, 7) is 6.15. The Morgan fingerprint density at radius 1 is 0.833 bits per heavy atom. The SMILES string of the molecule is C=CCOc1ccc(OCOCCOC)cc1OCOCCOC. The number of rotatable bonds is 15. The van der Waals surface area contributed by atoms with E-state index < -0.39 is 0 Å². The van der Waals surface area contributed by atoms with Crippen LogP contribution in [0.5, 0.6) is 17.2 Å². The fourth-order valence-corrected chi connectivity index (χ4v) is 1.58. The van der Waals surface area contributed by atoms with E-state index in [-0.39, 0.29) is 13.6 Å². The molecule has 0 aliphatic heterocycles. The smallest absolute Gasteiger partial charge is 0.189 e. The summed E-state index contributed by atoms with van der Waals surface area (Å²) in [6.07, 6.45) is 1.66. The van der Waals surface area contributed by atoms with Crippen LogP contribution in [-0.2, 0) is 18.9 Å². The molecular weight excluding hydrogens is 316 g/mol. The first-order valence-electron chi connectivity index (χ1n) is 7.58. The van der Waals surface area contributed by atoms with Crippen LogP contribution >= 0.6 is 0 Å². The lowest BCUT2D eigenvalue weighted by Crippen LogP contribution is -2.10. The second-order valence-electron chi connectivity index (χ2n) is 4.53. The third-order valence-corrected chi connectivity index (χ3v) is 2.74. The lowest BCUT2D eigenvalue weighted by Gasteiger charge is -2.14. The van der Waals surface area contributed by atoms with E-state index >= 15 is 0 Å². The summed E-state index contributed by atoms with van der Waals surface area (Å²) in [5, 5.41) is 0. The minimum atomic E-state index is 0.0849. The molecule has 0 bridgehead atoms. The molecule has 1 rings (SSSR count). The van der Waals surface area contributed by atoms with E-state index in [0.29, 0.717) is 50.3 Å². The predicted molar refractivity (Wildman–Crippen MR) is 88.8 cm³/mol. The van der Waals surface area contributed by atoms with Crippen molar-refractivity contribution in [3.63, 3.8) is 0 Å². The van der Waals surface area contributed by atoms with E-state index in [9.17, 15) is 0 Å². The van der Waals surface area contributed by atoms with E-state index in [2.05, 4.69) is 6.58 Å². The molecule has 0 heterocycles. The number of benzene rings is 1. The number of methoxy groups -OCH3 is 2. The first-order chi connectivity index (χ1) is 11.8. The molecule has 0 atom stereocenters. The van der Waals surface area contributed by atoms with Gasteiger partial charge in [0.15, 0.2) is 25.1 Å². The molecule has 0 unspecified atom stereocenters. The highest BCUT2D eigenvalue weighted by Crippen LogP contribution is 2.31. The molecule has 1 aromatic rings. The fourth-order valence-electron chi connectivity index (χ4n) is 1.58. The van der Waals surface area contributed by atoms with E-state index in [1.54, 1.807) is 38.5 Å². The van der Waals surface area contributed by atoms with Crippen molar-refractivity contribution in [1.82, 2.24) is 0 Å². The number of ether oxygens (including phenoxy) is 7. The molecule has 136 valence electrons. The van der Waals surface area contributed by atoms with E-state index in [1.165, 1.54) is 0 Å². The van der Waals surface area contributed by atoms with Crippen molar-refractivity contribution in [2.24, 2.45) is 0 Å². The van der Waals surface area contributed by atoms with E-state index in [1.807, 2.05) is 0 Å². The third-order valence-electron chi connectivity index (χ3n) is 2.74. The Bertz CT molecular complexity index is 451. The second kappa shape index (κ2) is 13.6. The normalized spacial score (nSPS) is 10.4. The van der Waals surface area contributed by atoms with Crippen molar-refractivity contribution in [3.8, 4) is 17.2 Å². The van der Waals surface area contributed by atoms with Gasteiger partial charge in [-0.05, 0) is 12.1 Å². The first kappa shape index (κ1) is 20.2. The Morgan fingerprint density at radius 3 is 2.12 bits per heavy atom. The second-order valence-corrected chi connectivity index (χ2v) is 4.53. The summed E-state index contributed by atoms with van der Waals surface area (Å²) in [4.78, 5) is 0. The maximum atomic E-state index is 5.59. The van der Waals surface area contributed by atoms with Crippen LogP contribution in [0.15, 0.2) is 30.9 Å². The predicted octanol–water partition coefficient (Wildman–Crippen LogP) is 2.25. The zero-order valence-electron chi connectivity index (χ0n) is 14.3. The quantitative estimate of drug-likeness (QED) is 0.275. The van der Waals surface area contributed by atoms with Crippen LogP contribution < -0.4 is 14.2 Å². The molecule has 0 N–H and O–H groups in total. The standard InChI is InChI=1S/C17H26O7/c1-4-7-22-16-6-5-15(23-13-20-10-8-18-2)12-17(16)24-14-21-11-9-19-3/h4-6,12H,1,7-11,13-14H2,2-3H3. The minimum Gasteiger partial charge on any atom is -0.486 e. The zero-order valence-corrected chi connectivity index (χ0v) is 14.3. The van der Waals surface area contributed by atoms with Gasteiger partial charge >= 0.3 is 0 Å². The van der Waals surface area contributed by atoms with Gasteiger partial charge in [-0.1, -0.05) is 12.7 Å². The average molecular weight is 342 g/mol. The third kappa shape index (κ3) is 8.73. The molecule has 0 amide bonds. The van der Waals surface area contributed by atoms with Gasteiger partial charge in [0.25, 0.3) is 0 Å². The molecule has 0 spiro atoms. The van der Waals surface area contributed by atoms with Gasteiger partial charge in [0, 0.05) is 20.3 Å². The summed E-state index contributed by atoms with van der Waals surface area (Å²) < 4.78 is 37.0. The molecule has 0 saturated heterocycles. The van der Waals surface area contributed by atoms with Crippen LogP contribution in [-0.4, -0.2) is 60.8 Å². The Morgan fingerprint density at radius 2 is 1.50 bits per heavy atom. The summed E-state index contributed by atoms with van der Waals surface area (Å²) >= 11 is 0. The number of hydrogen-bond acceptors (Lipinski definition) is 7. The molecule has 1 aromatic carbocycles. The summed E-state index contributed by atoms with van der Waals surface area (Å²) in [7, 11) is 3.23. The van der Waals surface area contributed by atoms with Crippen LogP contribution in [0.4, 0.5) is 0 Å². The van der Waals surface area contributed by atoms with Crippen molar-refractivity contribution in [2.45, 2.75) is 0 Å². The van der Waals surface area contributed by atoms with Gasteiger partial charge in [-0.15, -0.1) is 0 Å². The lowest BCUT2D eigenvalue weighted by atomic mass is 10.3. The molecule has 0 aromatic heterocycles. The van der Waals surface area contributed by atoms with Gasteiger partial charge < -0.3 is 33.2 Å². The molecule has 24 heavy (non-hydrogen) atoms. The summed E-state index contributed by atoms with van der Waals surface area (Å²) in [6, 6.07) is 5.26. The Kier molecular flexibility index (Phi) is 11.5. The monoisotopic (exact) mass is 342 g/mol. The molecule has 0 aliphatic carbocycles. The van der Waals surface area contributed by atoms with Crippen LogP contribution in [0.25, 0.3) is 0 Å². The van der Waals surface area contributed by atoms with Gasteiger partial charge in [-0.2, -0.15) is 0 Å². The first-order valence-corrected chi connectivity index (χ1v) is 7.58. The minimum absolute atomic E-state index is 0.0849. The van der Waals surface area contributed by atoms with Crippen LogP contribution in [0.1, 0.15) is 0 Å². The van der Waals surface area contributed by atoms with E-state index in [0.717, 1.165) is 0 Å². The van der Waals surface area contributed by atoms with Crippen molar-refractivity contribution >= 4 is 0 Å². The van der Waals surface area contributed by atoms with Crippen molar-refractivity contribution in [3.05, 3.63) is 30.9 Å². The van der Waals surface area contributed by atoms with Gasteiger partial charge in [0.1, 0.15) is 12.4 Å². The Labute approximate surface area is 143 Å². The molecule has 0 radical (unpaired) electrons. The fraction of sp³-hybridized carbons (Fsp3) is 0.529. The maximum Gasteiger partial charge on any atom is 0.189 e. The van der Waals surface area contributed by atoms with Crippen molar-refractivity contribution < 1.29 is 33.2 Å². The van der Waals surface area contributed by atoms with Crippen LogP contribution in [0.2, 0.25) is 0 Å². The van der Waals surface area contributed by atoms with Gasteiger partial charge in [0.05, 0.1) is 26.4 Å². The lowest BCUT2D eigenvalue weighted by molar-refractivity contribution is -0.0124. The highest BCUT2D eigenvalue weighted by Gasteiger charge is 2.08. The number of hydrogen-bond donors (Lipinski definition) is 0. The Hall–Kier alpha value is -1.80. The highest BCUT2D eigenvalue weighted by atomic mass is 16.7. The maximum absolute atomic E-state index is 5.59. The van der Waals surface area contributed by atoms with Gasteiger partial charge in [-0.3, -0.25) is 0 Å². The van der Waals surface area contributed by atoms with Crippen molar-refractivity contribution in [2.75, 3.05) is 60.8 Å². The van der Waals surface area contributed by atoms with Crippen LogP contribution in [0, 0.1) is 0 Å². The summed E-state index contributed by atoms with van der Waals surface area (Å²) in [5.41, 5.74) is 0. The largest absolute Gasteiger partial charge is 0.486 e. The molecule has 0 fully saturated rings. The van der Waals surface area contributed by atoms with E-state index in [4.69, 9.17) is 33.2 Å². The van der Waals surface area contributed by atoms with Gasteiger partial charge in [0.2, 0.25) is 0 Å². The summed E-state index contributed by atoms with van der Waals surface area (Å²) in [5.74, 6) is 1.70. The Balaban J connectivity index is 2.53. The van der Waals surface area contributed by atoms with Crippen molar-refractivity contribution in [1.29, 1.82) is 0 Å². The molecular formula is C17H26O7. The zero-order chi connectivity index (χ0) is 17.5. The highest BCUT2D eigenvalue weighted by molar-refractivity contribution is 5.45. The topological polar surface area (TPSA) is 64.6 Å². The molecule has 7 nitrogen and oxygen atoms in total. The van der Waals surface area contributed by atoms with Crippen LogP contribution in [0.3, 0.4) is 0 Å². The molecule has 0 aliphatic rings. The molecule has 0 saturated carbocycles. The van der Waals surface area contributed by atoms with Gasteiger partial charge in [-0.25, -0.2) is 0 Å².